The summed E-state index contributed by atoms with van der Waals surface area (Å²) in [6, 6.07) is 13.6. The molecule has 126 valence electrons. The van der Waals surface area contributed by atoms with Crippen LogP contribution in [0.2, 0.25) is 0 Å². The second-order valence-electron chi connectivity index (χ2n) is 5.81. The van der Waals surface area contributed by atoms with E-state index in [-0.39, 0.29) is 11.8 Å². The van der Waals surface area contributed by atoms with Gasteiger partial charge in [0.15, 0.2) is 5.78 Å². The molecular formula is C18H21N3O2S. The summed E-state index contributed by atoms with van der Waals surface area (Å²) in [5.41, 5.74) is 1.09. The summed E-state index contributed by atoms with van der Waals surface area (Å²) >= 11 is 1.48. The number of urea groups is 1. The van der Waals surface area contributed by atoms with Gasteiger partial charge in [-0.1, -0.05) is 36.4 Å². The lowest BCUT2D eigenvalue weighted by Gasteiger charge is -2.34. The molecule has 1 saturated heterocycles. The fourth-order valence-electron chi connectivity index (χ4n) is 2.71. The molecule has 5 nitrogen and oxygen atoms in total. The molecule has 1 aromatic carbocycles. The molecule has 24 heavy (non-hydrogen) atoms. The maximum Gasteiger partial charge on any atom is 0.317 e. The van der Waals surface area contributed by atoms with Crippen LogP contribution >= 0.6 is 11.3 Å². The number of hydrogen-bond donors (Lipinski definition) is 1. The van der Waals surface area contributed by atoms with Gasteiger partial charge in [-0.25, -0.2) is 4.79 Å². The first kappa shape index (κ1) is 16.7. The quantitative estimate of drug-likeness (QED) is 0.849. The Balaban J connectivity index is 1.41. The van der Waals surface area contributed by atoms with Crippen molar-refractivity contribution >= 4 is 23.2 Å². The van der Waals surface area contributed by atoms with Crippen molar-refractivity contribution in [3.8, 4) is 0 Å². The maximum atomic E-state index is 12.2. The molecule has 0 bridgehead atoms. The first-order valence-corrected chi connectivity index (χ1v) is 8.96. The Hall–Kier alpha value is -2.18. The third kappa shape index (κ3) is 4.43. The van der Waals surface area contributed by atoms with E-state index in [1.165, 1.54) is 11.3 Å². The molecule has 1 aliphatic rings. The van der Waals surface area contributed by atoms with Gasteiger partial charge in [0.2, 0.25) is 0 Å². The number of nitrogens with zero attached hydrogens (tertiary/aromatic N) is 2. The molecule has 1 fully saturated rings. The van der Waals surface area contributed by atoms with Gasteiger partial charge in [-0.05, 0) is 17.0 Å². The van der Waals surface area contributed by atoms with Gasteiger partial charge in [0.25, 0.3) is 0 Å². The molecule has 0 saturated carbocycles. The average molecular weight is 343 g/mol. The minimum absolute atomic E-state index is 0.0388. The number of carbonyl (C=O) groups excluding carboxylic acids is 2. The van der Waals surface area contributed by atoms with E-state index in [9.17, 15) is 9.59 Å². The Kier molecular flexibility index (Phi) is 5.61. The largest absolute Gasteiger partial charge is 0.334 e. The number of amides is 2. The van der Waals surface area contributed by atoms with E-state index in [1.54, 1.807) is 0 Å². The van der Waals surface area contributed by atoms with Gasteiger partial charge in [-0.3, -0.25) is 9.69 Å². The number of carbonyl (C=O) groups is 2. The van der Waals surface area contributed by atoms with Crippen molar-refractivity contribution in [1.82, 2.24) is 15.1 Å². The van der Waals surface area contributed by atoms with Crippen LogP contribution in [0.25, 0.3) is 0 Å². The first-order valence-electron chi connectivity index (χ1n) is 8.08. The molecule has 6 heteroatoms. The number of hydrogen-bond acceptors (Lipinski definition) is 4. The number of thiophene rings is 1. The van der Waals surface area contributed by atoms with Crippen molar-refractivity contribution < 1.29 is 9.59 Å². The Bertz CT molecular complexity index is 665. The number of rotatable bonds is 5. The van der Waals surface area contributed by atoms with Crippen molar-refractivity contribution in [1.29, 1.82) is 0 Å². The fourth-order valence-corrected chi connectivity index (χ4v) is 3.37. The summed E-state index contributed by atoms with van der Waals surface area (Å²) in [4.78, 5) is 29.1. The molecular weight excluding hydrogens is 322 g/mol. The smallest absolute Gasteiger partial charge is 0.317 e. The molecule has 0 unspecified atom stereocenters. The Morgan fingerprint density at radius 3 is 2.42 bits per heavy atom. The monoisotopic (exact) mass is 343 g/mol. The second kappa shape index (κ2) is 8.08. The topological polar surface area (TPSA) is 52.7 Å². The maximum absolute atomic E-state index is 12.2. The van der Waals surface area contributed by atoms with Crippen molar-refractivity contribution in [2.75, 3.05) is 32.7 Å². The van der Waals surface area contributed by atoms with E-state index in [0.717, 1.165) is 23.5 Å². The van der Waals surface area contributed by atoms with E-state index in [4.69, 9.17) is 0 Å². The lowest BCUT2D eigenvalue weighted by Crippen LogP contribution is -2.52. The lowest BCUT2D eigenvalue weighted by molar-refractivity contribution is 0.0882. The van der Waals surface area contributed by atoms with Gasteiger partial charge >= 0.3 is 6.03 Å². The first-order chi connectivity index (χ1) is 11.7. The van der Waals surface area contributed by atoms with E-state index >= 15 is 0 Å². The highest BCUT2D eigenvalue weighted by atomic mass is 32.1. The normalized spacial score (nSPS) is 15.2. The zero-order valence-corrected chi connectivity index (χ0v) is 14.3. The second-order valence-corrected chi connectivity index (χ2v) is 6.76. The minimum Gasteiger partial charge on any atom is -0.334 e. The molecule has 3 rings (SSSR count). The summed E-state index contributed by atoms with van der Waals surface area (Å²) in [5.74, 6) is 0.159. The van der Waals surface area contributed by atoms with Gasteiger partial charge in [0.1, 0.15) is 0 Å². The van der Waals surface area contributed by atoms with Crippen LogP contribution in [-0.2, 0) is 6.54 Å². The van der Waals surface area contributed by atoms with Gasteiger partial charge in [-0.15, -0.1) is 11.3 Å². The average Bonchev–Trinajstić information content (AvgIpc) is 3.16. The Morgan fingerprint density at radius 2 is 1.75 bits per heavy atom. The van der Waals surface area contributed by atoms with Crippen LogP contribution in [0.1, 0.15) is 15.2 Å². The van der Waals surface area contributed by atoms with E-state index in [0.29, 0.717) is 26.2 Å². The predicted octanol–water partition coefficient (Wildman–Crippen LogP) is 2.46. The molecule has 0 radical (unpaired) electrons. The van der Waals surface area contributed by atoms with Crippen molar-refractivity contribution in [2.45, 2.75) is 6.54 Å². The standard InChI is InChI=1S/C18H21N3O2S/c22-16(17-7-4-12-24-17)14-20-8-10-21(11-9-20)18(23)19-13-15-5-2-1-3-6-15/h1-7,12H,8-11,13-14H2,(H,19,23). The van der Waals surface area contributed by atoms with Gasteiger partial charge in [0, 0.05) is 32.7 Å². The molecule has 0 aliphatic carbocycles. The van der Waals surface area contributed by atoms with Crippen molar-refractivity contribution in [3.05, 3.63) is 58.3 Å². The molecule has 1 aromatic heterocycles. The summed E-state index contributed by atoms with van der Waals surface area (Å²) in [7, 11) is 0. The number of nitrogens with one attached hydrogen (secondary N) is 1. The zero-order chi connectivity index (χ0) is 16.8. The minimum atomic E-state index is -0.0388. The molecule has 2 aromatic rings. The van der Waals surface area contributed by atoms with Gasteiger partial charge in [-0.2, -0.15) is 0 Å². The third-order valence-electron chi connectivity index (χ3n) is 4.11. The van der Waals surface area contributed by atoms with Crippen LogP contribution in [0.3, 0.4) is 0 Å². The highest BCUT2D eigenvalue weighted by molar-refractivity contribution is 7.12. The lowest BCUT2D eigenvalue weighted by atomic mass is 10.2. The van der Waals surface area contributed by atoms with E-state index in [2.05, 4.69) is 10.2 Å². The molecule has 1 aliphatic heterocycles. The highest BCUT2D eigenvalue weighted by Gasteiger charge is 2.22. The van der Waals surface area contributed by atoms with Crippen LogP contribution < -0.4 is 5.32 Å². The summed E-state index contributed by atoms with van der Waals surface area (Å²) < 4.78 is 0. The summed E-state index contributed by atoms with van der Waals surface area (Å²) in [6.07, 6.45) is 0. The van der Waals surface area contributed by atoms with Crippen molar-refractivity contribution in [3.63, 3.8) is 0 Å². The Labute approximate surface area is 145 Å². The van der Waals surface area contributed by atoms with Crippen LogP contribution in [0.4, 0.5) is 4.79 Å². The number of piperazine rings is 1. The van der Waals surface area contributed by atoms with Crippen molar-refractivity contribution in [2.24, 2.45) is 0 Å². The zero-order valence-electron chi connectivity index (χ0n) is 13.5. The van der Waals surface area contributed by atoms with Gasteiger partial charge in [0.05, 0.1) is 11.4 Å². The summed E-state index contributed by atoms with van der Waals surface area (Å²) in [6.45, 7) is 3.74. The predicted molar refractivity (Wildman–Crippen MR) is 95.3 cm³/mol. The molecule has 2 amide bonds. The van der Waals surface area contributed by atoms with Crippen LogP contribution in [0.5, 0.6) is 0 Å². The van der Waals surface area contributed by atoms with Crippen LogP contribution in [0.15, 0.2) is 47.8 Å². The van der Waals surface area contributed by atoms with Gasteiger partial charge < -0.3 is 10.2 Å². The van der Waals surface area contributed by atoms with E-state index < -0.39 is 0 Å². The fraction of sp³-hybridized carbons (Fsp3) is 0.333. The molecule has 1 N–H and O–H groups in total. The van der Waals surface area contributed by atoms with E-state index in [1.807, 2.05) is 52.7 Å². The van der Waals surface area contributed by atoms with Crippen LogP contribution in [-0.4, -0.2) is 54.3 Å². The third-order valence-corrected chi connectivity index (χ3v) is 5.02. The number of Topliss-reactive ketones (excluding diaryl/α,β-unsaturated/α-hetero) is 1. The number of benzene rings is 1. The molecule has 0 atom stereocenters. The Morgan fingerprint density at radius 1 is 1.00 bits per heavy atom. The molecule has 0 spiro atoms. The highest BCUT2D eigenvalue weighted by Crippen LogP contribution is 2.11. The number of ketones is 1. The van der Waals surface area contributed by atoms with Crippen LogP contribution in [0, 0.1) is 0 Å². The molecule has 2 heterocycles. The SMILES string of the molecule is O=C(CN1CCN(C(=O)NCc2ccccc2)CC1)c1cccs1. The summed E-state index contributed by atoms with van der Waals surface area (Å²) in [5, 5.41) is 4.87.